The van der Waals surface area contributed by atoms with Crippen molar-refractivity contribution in [2.45, 2.75) is 0 Å². The Labute approximate surface area is 94.9 Å². The molecule has 16 heavy (non-hydrogen) atoms. The summed E-state index contributed by atoms with van der Waals surface area (Å²) in [5.41, 5.74) is 0. The summed E-state index contributed by atoms with van der Waals surface area (Å²) in [5.74, 6) is 0. The molecule has 0 aliphatic carbocycles. The van der Waals surface area contributed by atoms with Crippen LogP contribution in [0.4, 0.5) is 4.79 Å². The molecule has 7 nitrogen and oxygen atoms in total. The molecule has 0 aromatic carbocycles. The molecular weight excluding hydrogens is 218 g/mol. The Morgan fingerprint density at radius 2 is 1.06 bits per heavy atom. The molecule has 0 amide bonds. The number of carbonyl (C=O) groups is 1. The number of aliphatic hydroxyl groups is 3. The highest BCUT2D eigenvalue weighted by Crippen LogP contribution is 1.84. The van der Waals surface area contributed by atoms with Crippen molar-refractivity contribution in [1.82, 2.24) is 4.90 Å². The van der Waals surface area contributed by atoms with E-state index in [2.05, 4.69) is 13.2 Å². The normalized spacial score (nSPS) is 8.50. The maximum Gasteiger partial charge on any atom is 0.503 e. The number of hydrogen-bond donors (Lipinski definition) is 5. The molecule has 0 aromatic rings. The van der Waals surface area contributed by atoms with Gasteiger partial charge in [0.15, 0.2) is 0 Å². The van der Waals surface area contributed by atoms with E-state index < -0.39 is 6.16 Å². The maximum atomic E-state index is 8.56. The van der Waals surface area contributed by atoms with E-state index in [1.165, 1.54) is 0 Å². The fourth-order valence-electron chi connectivity index (χ4n) is 0.760. The molecule has 0 aliphatic heterocycles. The molecule has 0 saturated heterocycles. The molecule has 0 fully saturated rings. The van der Waals surface area contributed by atoms with Crippen LogP contribution in [-0.4, -0.2) is 76.0 Å². The summed E-state index contributed by atoms with van der Waals surface area (Å²) in [6.07, 6.45) is -1.83. The molecule has 0 aliphatic rings. The van der Waals surface area contributed by atoms with Gasteiger partial charge in [0, 0.05) is 19.6 Å². The minimum atomic E-state index is -1.83. The largest absolute Gasteiger partial charge is 0.503 e. The summed E-state index contributed by atoms with van der Waals surface area (Å²) in [4.78, 5) is 10.3. The van der Waals surface area contributed by atoms with E-state index >= 15 is 0 Å². The van der Waals surface area contributed by atoms with Crippen molar-refractivity contribution in [3.05, 3.63) is 13.2 Å². The molecule has 0 rings (SSSR count). The van der Waals surface area contributed by atoms with Crippen molar-refractivity contribution in [1.29, 1.82) is 0 Å². The minimum absolute atomic E-state index is 0.0694. The number of hydrogen-bond acceptors (Lipinski definition) is 5. The van der Waals surface area contributed by atoms with Crippen molar-refractivity contribution in [3.63, 3.8) is 0 Å². The number of carboxylic acid groups (broad SMARTS) is 2. The first-order chi connectivity index (χ1) is 7.58. The maximum absolute atomic E-state index is 8.56. The van der Waals surface area contributed by atoms with Crippen molar-refractivity contribution in [3.8, 4) is 0 Å². The molecule has 0 unspecified atom stereocenters. The van der Waals surface area contributed by atoms with Crippen molar-refractivity contribution in [2.75, 3.05) is 39.5 Å². The highest BCUT2D eigenvalue weighted by molar-refractivity contribution is 5.53. The Kier molecular flexibility index (Phi) is 24.6. The molecule has 0 spiro atoms. The smallest absolute Gasteiger partial charge is 0.450 e. The third kappa shape index (κ3) is 29.3. The van der Waals surface area contributed by atoms with E-state index in [9.17, 15) is 0 Å². The van der Waals surface area contributed by atoms with E-state index in [0.29, 0.717) is 19.6 Å². The summed E-state index contributed by atoms with van der Waals surface area (Å²) in [7, 11) is 0. The van der Waals surface area contributed by atoms with Crippen LogP contribution in [0.2, 0.25) is 0 Å². The monoisotopic (exact) mass is 239 g/mol. The van der Waals surface area contributed by atoms with Crippen molar-refractivity contribution >= 4 is 6.16 Å². The van der Waals surface area contributed by atoms with Gasteiger partial charge >= 0.3 is 6.16 Å². The number of nitrogens with zero attached hydrogens (tertiary/aromatic N) is 1. The quantitative estimate of drug-likeness (QED) is 0.388. The molecule has 0 bridgehead atoms. The van der Waals surface area contributed by atoms with Gasteiger partial charge in [-0.25, -0.2) is 4.79 Å². The van der Waals surface area contributed by atoms with E-state index in [4.69, 9.17) is 30.3 Å². The fraction of sp³-hybridized carbons (Fsp3) is 0.667. The van der Waals surface area contributed by atoms with Crippen molar-refractivity contribution < 1.29 is 30.3 Å². The first kappa shape index (κ1) is 20.3. The van der Waals surface area contributed by atoms with Gasteiger partial charge in [-0.15, -0.1) is 13.2 Å². The zero-order valence-corrected chi connectivity index (χ0v) is 9.25. The highest BCUT2D eigenvalue weighted by Gasteiger charge is 2.00. The lowest BCUT2D eigenvalue weighted by Crippen LogP contribution is -2.32. The van der Waals surface area contributed by atoms with Crippen LogP contribution < -0.4 is 0 Å². The standard InChI is InChI=1S/C6H15NO3.C2H4.CH2O3/c8-4-1-7(2-5-9)3-6-10;1-2;2-1(3)4/h8-10H,1-6H2;1-2H2;(H2,2,3,4). The lowest BCUT2D eigenvalue weighted by molar-refractivity contribution is 0.135. The zero-order valence-electron chi connectivity index (χ0n) is 9.25. The molecule has 0 atom stereocenters. The van der Waals surface area contributed by atoms with Gasteiger partial charge < -0.3 is 25.5 Å². The number of rotatable bonds is 6. The van der Waals surface area contributed by atoms with E-state index in [1.54, 1.807) is 4.90 Å². The zero-order chi connectivity index (χ0) is 13.4. The average Bonchev–Trinajstić information content (AvgIpc) is 2.21. The van der Waals surface area contributed by atoms with Crippen LogP contribution in [0.1, 0.15) is 0 Å². The molecular formula is C9H21NO6. The van der Waals surface area contributed by atoms with Gasteiger partial charge in [-0.1, -0.05) is 0 Å². The van der Waals surface area contributed by atoms with Crippen LogP contribution in [-0.2, 0) is 0 Å². The lowest BCUT2D eigenvalue weighted by atomic mass is 10.4. The van der Waals surface area contributed by atoms with Crippen LogP contribution in [0, 0.1) is 0 Å². The first-order valence-corrected chi connectivity index (χ1v) is 4.55. The highest BCUT2D eigenvalue weighted by atomic mass is 16.6. The van der Waals surface area contributed by atoms with Crippen LogP contribution in [0.15, 0.2) is 13.2 Å². The second-order valence-electron chi connectivity index (χ2n) is 2.30. The molecule has 5 N–H and O–H groups in total. The van der Waals surface area contributed by atoms with Gasteiger partial charge in [0.25, 0.3) is 0 Å². The topological polar surface area (TPSA) is 121 Å². The molecule has 0 radical (unpaired) electrons. The molecule has 7 heteroatoms. The van der Waals surface area contributed by atoms with Gasteiger partial charge in [-0.05, 0) is 0 Å². The SMILES string of the molecule is C=C.O=C(O)O.OCCN(CCO)CCO. The van der Waals surface area contributed by atoms with E-state index in [1.807, 2.05) is 0 Å². The van der Waals surface area contributed by atoms with Gasteiger partial charge in [0.2, 0.25) is 0 Å². The predicted octanol–water partition coefficient (Wildman–Crippen LogP) is -0.710. The Morgan fingerprint density at radius 3 is 1.19 bits per heavy atom. The Balaban J connectivity index is -0.000000237. The summed E-state index contributed by atoms with van der Waals surface area (Å²) >= 11 is 0. The van der Waals surface area contributed by atoms with Gasteiger partial charge in [-0.3, -0.25) is 4.90 Å². The summed E-state index contributed by atoms with van der Waals surface area (Å²) in [6.45, 7) is 7.75. The molecule has 0 heterocycles. The third-order valence-corrected chi connectivity index (χ3v) is 1.25. The van der Waals surface area contributed by atoms with Gasteiger partial charge in [0.05, 0.1) is 19.8 Å². The Morgan fingerprint density at radius 1 is 0.875 bits per heavy atom. The summed E-state index contributed by atoms with van der Waals surface area (Å²) < 4.78 is 0. The van der Waals surface area contributed by atoms with E-state index in [-0.39, 0.29) is 19.8 Å². The molecule has 98 valence electrons. The second-order valence-corrected chi connectivity index (χ2v) is 2.30. The van der Waals surface area contributed by atoms with Crippen LogP contribution >= 0.6 is 0 Å². The van der Waals surface area contributed by atoms with Crippen molar-refractivity contribution in [2.24, 2.45) is 0 Å². The second kappa shape index (κ2) is 19.4. The molecule has 0 saturated carbocycles. The van der Waals surface area contributed by atoms with E-state index in [0.717, 1.165) is 0 Å². The Bertz CT molecular complexity index is 126. The predicted molar refractivity (Wildman–Crippen MR) is 59.6 cm³/mol. The Hall–Kier alpha value is -1.15. The van der Waals surface area contributed by atoms with Crippen LogP contribution in [0.5, 0.6) is 0 Å². The van der Waals surface area contributed by atoms with Crippen LogP contribution in [0.25, 0.3) is 0 Å². The molecule has 0 aromatic heterocycles. The van der Waals surface area contributed by atoms with Gasteiger partial charge in [0.1, 0.15) is 0 Å². The fourth-order valence-corrected chi connectivity index (χ4v) is 0.760. The average molecular weight is 239 g/mol. The summed E-state index contributed by atoms with van der Waals surface area (Å²) in [5, 5.41) is 39.4. The lowest BCUT2D eigenvalue weighted by Gasteiger charge is -2.17. The van der Waals surface area contributed by atoms with Gasteiger partial charge in [-0.2, -0.15) is 0 Å². The van der Waals surface area contributed by atoms with Crippen LogP contribution in [0.3, 0.4) is 0 Å². The third-order valence-electron chi connectivity index (χ3n) is 1.25. The minimum Gasteiger partial charge on any atom is -0.450 e. The number of aliphatic hydroxyl groups excluding tert-OH is 3. The summed E-state index contributed by atoms with van der Waals surface area (Å²) in [6, 6.07) is 0. The first-order valence-electron chi connectivity index (χ1n) is 4.55.